The summed E-state index contributed by atoms with van der Waals surface area (Å²) in [7, 11) is 1.98. The van der Waals surface area contributed by atoms with Crippen molar-refractivity contribution in [3.8, 4) is 0 Å². The number of rotatable bonds is 2. The molecule has 2 aromatic heterocycles. The molecule has 1 aliphatic heterocycles. The van der Waals surface area contributed by atoms with Gasteiger partial charge in [0.1, 0.15) is 12.2 Å². The third kappa shape index (κ3) is 2.80. The summed E-state index contributed by atoms with van der Waals surface area (Å²) >= 11 is 1.71. The van der Waals surface area contributed by atoms with Gasteiger partial charge in [0.2, 0.25) is 0 Å². The van der Waals surface area contributed by atoms with E-state index in [9.17, 15) is 4.79 Å². The van der Waals surface area contributed by atoms with E-state index in [0.717, 1.165) is 49.5 Å². The van der Waals surface area contributed by atoms with Gasteiger partial charge in [0.25, 0.3) is 5.91 Å². The van der Waals surface area contributed by atoms with Crippen molar-refractivity contribution in [3.63, 3.8) is 0 Å². The molecule has 6 heteroatoms. The van der Waals surface area contributed by atoms with Crippen LogP contribution in [0.15, 0.2) is 12.4 Å². The van der Waals surface area contributed by atoms with Gasteiger partial charge < -0.3 is 9.47 Å². The molecule has 1 amide bonds. The maximum Gasteiger partial charge on any atom is 0.263 e. The van der Waals surface area contributed by atoms with E-state index < -0.39 is 0 Å². The molecule has 1 fully saturated rings. The molecule has 2 aromatic rings. The van der Waals surface area contributed by atoms with Gasteiger partial charge in [0.15, 0.2) is 0 Å². The summed E-state index contributed by atoms with van der Waals surface area (Å²) in [6.45, 7) is 1.61. The number of fused-ring (bicyclic) bond motifs is 1. The third-order valence-corrected chi connectivity index (χ3v) is 6.25. The molecule has 3 heterocycles. The highest BCUT2D eigenvalue weighted by atomic mass is 32.1. The molecule has 1 atom stereocenters. The maximum atomic E-state index is 12.9. The lowest BCUT2D eigenvalue weighted by molar-refractivity contribution is 0.0708. The number of aryl methyl sites for hydroxylation is 3. The number of aromatic nitrogens is 3. The zero-order valence-electron chi connectivity index (χ0n) is 13.5. The van der Waals surface area contributed by atoms with E-state index in [0.29, 0.717) is 5.92 Å². The van der Waals surface area contributed by atoms with Gasteiger partial charge in [-0.05, 0) is 50.2 Å². The molecule has 2 aliphatic rings. The van der Waals surface area contributed by atoms with Crippen LogP contribution < -0.4 is 0 Å². The summed E-state index contributed by atoms with van der Waals surface area (Å²) in [6.07, 6.45) is 8.67. The fraction of sp³-hybridized carbons (Fsp3) is 0.588. The van der Waals surface area contributed by atoms with Crippen LogP contribution in [0.4, 0.5) is 0 Å². The molecule has 0 radical (unpaired) electrons. The SMILES string of the molecule is Cn1cnnc1C1CCCN(C(=O)c2cc3c(s2)CCCC3)C1. The van der Waals surface area contributed by atoms with Crippen LogP contribution in [0.5, 0.6) is 0 Å². The summed E-state index contributed by atoms with van der Waals surface area (Å²) in [5.41, 5.74) is 1.41. The minimum atomic E-state index is 0.205. The van der Waals surface area contributed by atoms with Gasteiger partial charge in [-0.1, -0.05) is 0 Å². The average Bonchev–Trinajstić information content (AvgIpc) is 3.20. The van der Waals surface area contributed by atoms with Crippen molar-refractivity contribution in [1.29, 1.82) is 0 Å². The largest absolute Gasteiger partial charge is 0.337 e. The molecule has 122 valence electrons. The molecular weight excluding hydrogens is 308 g/mol. The summed E-state index contributed by atoms with van der Waals surface area (Å²) in [4.78, 5) is 17.3. The highest BCUT2D eigenvalue weighted by molar-refractivity contribution is 7.14. The van der Waals surface area contributed by atoms with Gasteiger partial charge in [-0.3, -0.25) is 4.79 Å². The van der Waals surface area contributed by atoms with Gasteiger partial charge in [-0.2, -0.15) is 0 Å². The van der Waals surface area contributed by atoms with E-state index in [1.807, 2.05) is 16.5 Å². The molecule has 0 saturated carbocycles. The van der Waals surface area contributed by atoms with Crippen LogP contribution in [0.25, 0.3) is 0 Å². The normalized spacial score (nSPS) is 21.3. The van der Waals surface area contributed by atoms with Crippen LogP contribution in [0.2, 0.25) is 0 Å². The number of likely N-dealkylation sites (tertiary alicyclic amines) is 1. The van der Waals surface area contributed by atoms with E-state index >= 15 is 0 Å². The number of hydrogen-bond donors (Lipinski definition) is 0. The first-order valence-corrected chi connectivity index (χ1v) is 9.29. The second kappa shape index (κ2) is 6.07. The van der Waals surface area contributed by atoms with Crippen LogP contribution >= 0.6 is 11.3 Å². The number of carbonyl (C=O) groups is 1. The van der Waals surface area contributed by atoms with E-state index in [1.54, 1.807) is 17.7 Å². The second-order valence-corrected chi connectivity index (χ2v) is 7.79. The summed E-state index contributed by atoms with van der Waals surface area (Å²) in [5.74, 6) is 1.50. The van der Waals surface area contributed by atoms with Gasteiger partial charge in [-0.25, -0.2) is 0 Å². The Labute approximate surface area is 140 Å². The second-order valence-electron chi connectivity index (χ2n) is 6.66. The molecule has 0 bridgehead atoms. The fourth-order valence-corrected chi connectivity index (χ4v) is 5.01. The highest BCUT2D eigenvalue weighted by Crippen LogP contribution is 2.32. The fourth-order valence-electron chi connectivity index (χ4n) is 3.79. The Morgan fingerprint density at radius 1 is 1.30 bits per heavy atom. The predicted octanol–water partition coefficient (Wildman–Crippen LogP) is 2.78. The number of nitrogens with zero attached hydrogens (tertiary/aromatic N) is 4. The molecule has 0 spiro atoms. The summed E-state index contributed by atoms with van der Waals surface area (Å²) in [6, 6.07) is 2.15. The number of piperidine rings is 1. The van der Waals surface area contributed by atoms with Crippen LogP contribution in [0.3, 0.4) is 0 Å². The third-order valence-electron chi connectivity index (χ3n) is 5.03. The predicted molar refractivity (Wildman–Crippen MR) is 89.8 cm³/mol. The maximum absolute atomic E-state index is 12.9. The molecule has 23 heavy (non-hydrogen) atoms. The standard InChI is InChI=1S/C17H22N4OS/c1-20-11-18-19-16(20)13-6-4-8-21(10-13)17(22)15-9-12-5-2-3-7-14(12)23-15/h9,11,13H,2-8,10H2,1H3. The molecule has 1 aliphatic carbocycles. The van der Waals surface area contributed by atoms with Crippen molar-refractivity contribution in [1.82, 2.24) is 19.7 Å². The van der Waals surface area contributed by atoms with E-state index in [-0.39, 0.29) is 5.91 Å². The zero-order valence-corrected chi connectivity index (χ0v) is 14.3. The first-order chi connectivity index (χ1) is 11.2. The molecule has 4 rings (SSSR count). The quantitative estimate of drug-likeness (QED) is 0.851. The molecule has 0 aromatic carbocycles. The number of thiophene rings is 1. The molecule has 5 nitrogen and oxygen atoms in total. The van der Waals surface area contributed by atoms with Gasteiger partial charge in [-0.15, -0.1) is 21.5 Å². The monoisotopic (exact) mass is 330 g/mol. The van der Waals surface area contributed by atoms with Gasteiger partial charge in [0, 0.05) is 30.9 Å². The Morgan fingerprint density at radius 2 is 2.17 bits per heavy atom. The average molecular weight is 330 g/mol. The minimum Gasteiger partial charge on any atom is -0.337 e. The van der Waals surface area contributed by atoms with Crippen molar-refractivity contribution in [3.05, 3.63) is 33.5 Å². The highest BCUT2D eigenvalue weighted by Gasteiger charge is 2.29. The Balaban J connectivity index is 1.52. The molecule has 1 unspecified atom stereocenters. The van der Waals surface area contributed by atoms with E-state index in [1.165, 1.54) is 23.3 Å². The summed E-state index contributed by atoms with van der Waals surface area (Å²) < 4.78 is 1.97. The smallest absolute Gasteiger partial charge is 0.263 e. The van der Waals surface area contributed by atoms with E-state index in [4.69, 9.17) is 0 Å². The van der Waals surface area contributed by atoms with Crippen molar-refractivity contribution in [2.75, 3.05) is 13.1 Å². The lowest BCUT2D eigenvalue weighted by Gasteiger charge is -2.31. The molecular formula is C17H22N4OS. The van der Waals surface area contributed by atoms with Gasteiger partial charge >= 0.3 is 0 Å². The Bertz CT molecular complexity index is 697. The van der Waals surface area contributed by atoms with Crippen LogP contribution in [-0.4, -0.2) is 38.7 Å². The van der Waals surface area contributed by atoms with Crippen LogP contribution in [0, 0.1) is 0 Å². The molecule has 0 N–H and O–H groups in total. The van der Waals surface area contributed by atoms with Crippen molar-refractivity contribution < 1.29 is 4.79 Å². The van der Waals surface area contributed by atoms with Crippen molar-refractivity contribution in [2.45, 2.75) is 44.4 Å². The topological polar surface area (TPSA) is 51.0 Å². The lowest BCUT2D eigenvalue weighted by Crippen LogP contribution is -2.39. The Morgan fingerprint density at radius 3 is 2.96 bits per heavy atom. The van der Waals surface area contributed by atoms with Gasteiger partial charge in [0.05, 0.1) is 4.88 Å². The van der Waals surface area contributed by atoms with Crippen LogP contribution in [0.1, 0.15) is 57.5 Å². The van der Waals surface area contributed by atoms with Crippen LogP contribution in [-0.2, 0) is 19.9 Å². The zero-order chi connectivity index (χ0) is 15.8. The lowest BCUT2D eigenvalue weighted by atomic mass is 9.96. The van der Waals surface area contributed by atoms with Crippen molar-refractivity contribution >= 4 is 17.2 Å². The summed E-state index contributed by atoms with van der Waals surface area (Å²) in [5, 5.41) is 8.22. The van der Waals surface area contributed by atoms with Crippen molar-refractivity contribution in [2.24, 2.45) is 7.05 Å². The minimum absolute atomic E-state index is 0.205. The first-order valence-electron chi connectivity index (χ1n) is 8.47. The first kappa shape index (κ1) is 14.9. The van der Waals surface area contributed by atoms with E-state index in [2.05, 4.69) is 16.3 Å². The number of amides is 1. The Kier molecular flexibility index (Phi) is 3.93. The number of carbonyl (C=O) groups excluding carboxylic acids is 1. The molecule has 1 saturated heterocycles. The number of hydrogen-bond acceptors (Lipinski definition) is 4. The Hall–Kier alpha value is -1.69.